The van der Waals surface area contributed by atoms with Crippen LogP contribution in [0.1, 0.15) is 22.3 Å². The normalized spacial score (nSPS) is 16.7. The van der Waals surface area contributed by atoms with Gasteiger partial charge in [0.15, 0.2) is 11.5 Å². The Hall–Kier alpha value is -3.64. The molecule has 0 N–H and O–H groups in total. The summed E-state index contributed by atoms with van der Waals surface area (Å²) in [4.78, 5) is 39.1. The summed E-state index contributed by atoms with van der Waals surface area (Å²) in [5.74, 6) is -1.03. The van der Waals surface area contributed by atoms with Crippen molar-refractivity contribution in [2.75, 3.05) is 18.8 Å². The second-order valence-corrected chi connectivity index (χ2v) is 11.3. The van der Waals surface area contributed by atoms with Gasteiger partial charge in [0.25, 0.3) is 5.91 Å². The molecule has 0 radical (unpaired) electrons. The number of halogens is 2. The molecule has 1 fully saturated rings. The number of nitrogens with zero attached hydrogens (tertiary/aromatic N) is 2. The first-order valence-corrected chi connectivity index (χ1v) is 13.7. The summed E-state index contributed by atoms with van der Waals surface area (Å²) in [6.07, 6.45) is -0.417. The molecule has 39 heavy (non-hydrogen) atoms. The molecule has 0 aliphatic carbocycles. The molecule has 0 bridgehead atoms. The Morgan fingerprint density at radius 1 is 1.03 bits per heavy atom. The Bertz CT molecular complexity index is 1590. The fourth-order valence-electron chi connectivity index (χ4n) is 4.36. The number of benzene rings is 3. The Balaban J connectivity index is 1.54. The second kappa shape index (κ2) is 10.5. The molecule has 0 spiro atoms. The predicted octanol–water partition coefficient (Wildman–Crippen LogP) is 4.03. The summed E-state index contributed by atoms with van der Waals surface area (Å²) in [7, 11) is -3.22. The molecule has 2 aliphatic rings. The van der Waals surface area contributed by atoms with Crippen LogP contribution in [0.4, 0.5) is 5.69 Å². The van der Waals surface area contributed by atoms with E-state index in [1.165, 1.54) is 49.6 Å². The summed E-state index contributed by atoms with van der Waals surface area (Å²) in [5, 5.41) is 0.0317. The van der Waals surface area contributed by atoms with Gasteiger partial charge in [0.05, 0.1) is 29.8 Å². The van der Waals surface area contributed by atoms with Crippen LogP contribution in [0.25, 0.3) is 0 Å². The topological polar surface area (TPSA) is 120 Å². The van der Waals surface area contributed by atoms with Crippen LogP contribution < -0.4 is 14.4 Å². The van der Waals surface area contributed by atoms with Gasteiger partial charge in [-0.05, 0) is 60.2 Å². The van der Waals surface area contributed by atoms with Gasteiger partial charge in [0.2, 0.25) is 22.7 Å². The van der Waals surface area contributed by atoms with Crippen molar-refractivity contribution in [2.45, 2.75) is 23.9 Å². The Labute approximate surface area is 233 Å². The van der Waals surface area contributed by atoms with Crippen LogP contribution in [0.2, 0.25) is 10.0 Å². The average molecular weight is 591 g/mol. The molecular formula is C26H20Cl2N2O8S. The van der Waals surface area contributed by atoms with Crippen molar-refractivity contribution in [2.24, 2.45) is 0 Å². The highest BCUT2D eigenvalue weighted by molar-refractivity contribution is 7.89. The first-order valence-electron chi connectivity index (χ1n) is 11.5. The zero-order valence-electron chi connectivity index (χ0n) is 20.3. The quantitative estimate of drug-likeness (QED) is 0.299. The number of rotatable bonds is 7. The average Bonchev–Trinajstić information content (AvgIpc) is 3.51. The van der Waals surface area contributed by atoms with E-state index in [4.69, 9.17) is 32.7 Å². The van der Waals surface area contributed by atoms with E-state index in [-0.39, 0.29) is 39.5 Å². The maximum absolute atomic E-state index is 14.0. The number of anilines is 1. The highest BCUT2D eigenvalue weighted by atomic mass is 35.5. The molecule has 202 valence electrons. The van der Waals surface area contributed by atoms with Crippen molar-refractivity contribution in [1.29, 1.82) is 0 Å². The number of amides is 2. The standard InChI is InChI=1S/C26H20Cl2N2O8S/c1-36-26(33)16-3-6-18(7-4-16)30-24(31)12-20(25(30)32)29(13-15-2-9-21-22(10-15)38-14-37-21)39(34,35)23-11-17(27)5-8-19(23)28/h2-11,20H,12-14H2,1H3. The van der Waals surface area contributed by atoms with Crippen LogP contribution in [0.3, 0.4) is 0 Å². The Kier molecular flexibility index (Phi) is 7.25. The maximum Gasteiger partial charge on any atom is 0.337 e. The first-order chi connectivity index (χ1) is 18.6. The van der Waals surface area contributed by atoms with Crippen LogP contribution in [-0.4, -0.2) is 50.5 Å². The number of imide groups is 1. The Morgan fingerprint density at radius 2 is 1.74 bits per heavy atom. The van der Waals surface area contributed by atoms with E-state index in [1.807, 2.05) is 0 Å². The molecule has 13 heteroatoms. The minimum absolute atomic E-state index is 0.0261. The summed E-state index contributed by atoms with van der Waals surface area (Å²) in [5.41, 5.74) is 0.892. The number of hydrogen-bond acceptors (Lipinski definition) is 8. The number of fused-ring (bicyclic) bond motifs is 1. The molecule has 1 saturated heterocycles. The van der Waals surface area contributed by atoms with Crippen LogP contribution >= 0.6 is 23.2 Å². The van der Waals surface area contributed by atoms with Gasteiger partial charge in [0.1, 0.15) is 10.9 Å². The molecule has 10 nitrogen and oxygen atoms in total. The lowest BCUT2D eigenvalue weighted by Crippen LogP contribution is -2.45. The number of hydrogen-bond donors (Lipinski definition) is 0. The van der Waals surface area contributed by atoms with E-state index in [2.05, 4.69) is 4.74 Å². The highest BCUT2D eigenvalue weighted by Gasteiger charge is 2.47. The molecule has 5 rings (SSSR count). The lowest BCUT2D eigenvalue weighted by atomic mass is 10.1. The van der Waals surface area contributed by atoms with Gasteiger partial charge in [-0.15, -0.1) is 0 Å². The summed E-state index contributed by atoms with van der Waals surface area (Å²) < 4.78 is 44.3. The molecule has 3 aromatic rings. The summed E-state index contributed by atoms with van der Waals surface area (Å²) in [6.45, 7) is -0.251. The number of methoxy groups -OCH3 is 1. The summed E-state index contributed by atoms with van der Waals surface area (Å²) in [6, 6.07) is 13.1. The number of carbonyl (C=O) groups is 3. The Morgan fingerprint density at radius 3 is 2.46 bits per heavy atom. The minimum Gasteiger partial charge on any atom is -0.465 e. The van der Waals surface area contributed by atoms with E-state index in [0.717, 1.165) is 9.21 Å². The number of esters is 1. The molecule has 2 heterocycles. The van der Waals surface area contributed by atoms with Crippen molar-refractivity contribution >= 4 is 56.7 Å². The van der Waals surface area contributed by atoms with Crippen LogP contribution in [-0.2, 0) is 30.9 Å². The highest BCUT2D eigenvalue weighted by Crippen LogP contribution is 2.37. The van der Waals surface area contributed by atoms with Crippen LogP contribution in [0.5, 0.6) is 11.5 Å². The molecule has 0 aromatic heterocycles. The third kappa shape index (κ3) is 5.06. The predicted molar refractivity (Wildman–Crippen MR) is 140 cm³/mol. The number of sulfonamides is 1. The van der Waals surface area contributed by atoms with Crippen molar-refractivity contribution in [3.8, 4) is 11.5 Å². The van der Waals surface area contributed by atoms with E-state index in [9.17, 15) is 22.8 Å². The molecule has 2 aliphatic heterocycles. The minimum atomic E-state index is -4.45. The maximum atomic E-state index is 14.0. The SMILES string of the molecule is COC(=O)c1ccc(N2C(=O)CC(N(Cc3ccc4c(c3)OCO4)S(=O)(=O)c3cc(Cl)ccc3Cl)C2=O)cc1. The van der Waals surface area contributed by atoms with Crippen molar-refractivity contribution < 1.29 is 37.0 Å². The summed E-state index contributed by atoms with van der Waals surface area (Å²) >= 11 is 12.3. The zero-order chi connectivity index (χ0) is 27.9. The van der Waals surface area contributed by atoms with Gasteiger partial charge >= 0.3 is 5.97 Å². The second-order valence-electron chi connectivity index (χ2n) is 8.64. The van der Waals surface area contributed by atoms with E-state index in [1.54, 1.807) is 18.2 Å². The smallest absolute Gasteiger partial charge is 0.337 e. The monoisotopic (exact) mass is 590 g/mol. The lowest BCUT2D eigenvalue weighted by Gasteiger charge is -2.27. The van der Waals surface area contributed by atoms with Crippen molar-refractivity contribution in [3.05, 3.63) is 81.8 Å². The number of carbonyl (C=O) groups excluding carboxylic acids is 3. The molecule has 1 unspecified atom stereocenters. The van der Waals surface area contributed by atoms with Crippen LogP contribution in [0, 0.1) is 0 Å². The fourth-order valence-corrected chi connectivity index (χ4v) is 6.67. The van der Waals surface area contributed by atoms with Crippen molar-refractivity contribution in [3.63, 3.8) is 0 Å². The molecule has 2 amide bonds. The zero-order valence-corrected chi connectivity index (χ0v) is 22.6. The molecule has 0 saturated carbocycles. The molecule has 3 aromatic carbocycles. The van der Waals surface area contributed by atoms with E-state index in [0.29, 0.717) is 17.1 Å². The van der Waals surface area contributed by atoms with Gasteiger partial charge < -0.3 is 14.2 Å². The van der Waals surface area contributed by atoms with Gasteiger partial charge in [0, 0.05) is 11.6 Å². The van der Waals surface area contributed by atoms with Gasteiger partial charge in [-0.25, -0.2) is 18.1 Å². The van der Waals surface area contributed by atoms with Gasteiger partial charge in [-0.3, -0.25) is 9.59 Å². The van der Waals surface area contributed by atoms with E-state index < -0.39 is 40.3 Å². The number of ether oxygens (including phenoxy) is 3. The molecular weight excluding hydrogens is 571 g/mol. The fraction of sp³-hybridized carbons (Fsp3) is 0.192. The first kappa shape index (κ1) is 26.9. The third-order valence-electron chi connectivity index (χ3n) is 6.27. The third-order valence-corrected chi connectivity index (χ3v) is 8.84. The van der Waals surface area contributed by atoms with Gasteiger partial charge in [-0.2, -0.15) is 4.31 Å². The van der Waals surface area contributed by atoms with Crippen LogP contribution in [0.15, 0.2) is 65.6 Å². The molecule has 1 atom stereocenters. The lowest BCUT2D eigenvalue weighted by molar-refractivity contribution is -0.122. The largest absolute Gasteiger partial charge is 0.465 e. The van der Waals surface area contributed by atoms with Crippen molar-refractivity contribution in [1.82, 2.24) is 4.31 Å². The van der Waals surface area contributed by atoms with E-state index >= 15 is 0 Å². The van der Waals surface area contributed by atoms with Gasteiger partial charge in [-0.1, -0.05) is 29.3 Å².